The number of aromatic nitrogens is 2. The molecular formula is C15H17N3O. The Labute approximate surface area is 113 Å². The number of aryl methyl sites for hydroxylation is 2. The monoisotopic (exact) mass is 255 g/mol. The van der Waals surface area contributed by atoms with Crippen LogP contribution in [-0.4, -0.2) is 17.1 Å². The Bertz CT molecular complexity index is 650. The Hall–Kier alpha value is -2.28. The average Bonchev–Trinajstić information content (AvgIpc) is 2.82. The maximum absolute atomic E-state index is 8.70. The van der Waals surface area contributed by atoms with Crippen molar-refractivity contribution in [3.05, 3.63) is 34.8 Å². The molecule has 0 aliphatic heterocycles. The maximum atomic E-state index is 8.70. The fraction of sp³-hybridized carbons (Fsp3) is 0.333. The molecule has 0 saturated heterocycles. The lowest BCUT2D eigenvalue weighted by Gasteiger charge is -2.15. The number of ether oxygens (including phenoxy) is 1. The summed E-state index contributed by atoms with van der Waals surface area (Å²) in [5, 5.41) is 8.70. The third-order valence-corrected chi connectivity index (χ3v) is 3.33. The first kappa shape index (κ1) is 13.2. The lowest BCUT2D eigenvalue weighted by Crippen LogP contribution is -1.97. The van der Waals surface area contributed by atoms with Gasteiger partial charge in [0.05, 0.1) is 31.5 Å². The number of hydrogen-bond donors (Lipinski definition) is 1. The summed E-state index contributed by atoms with van der Waals surface area (Å²) in [6.45, 7) is 6.17. The molecular weight excluding hydrogens is 238 g/mol. The van der Waals surface area contributed by atoms with Gasteiger partial charge in [-0.15, -0.1) is 0 Å². The lowest BCUT2D eigenvalue weighted by molar-refractivity contribution is 0.412. The van der Waals surface area contributed by atoms with Crippen molar-refractivity contribution in [2.45, 2.75) is 27.2 Å². The predicted molar refractivity (Wildman–Crippen MR) is 74.1 cm³/mol. The van der Waals surface area contributed by atoms with E-state index in [1.807, 2.05) is 6.92 Å². The van der Waals surface area contributed by atoms with E-state index in [-0.39, 0.29) is 6.42 Å². The molecule has 0 saturated carbocycles. The highest BCUT2D eigenvalue weighted by Crippen LogP contribution is 2.36. The Morgan fingerprint density at radius 3 is 2.68 bits per heavy atom. The number of rotatable bonds is 3. The zero-order valence-electron chi connectivity index (χ0n) is 11.7. The number of nitriles is 1. The summed E-state index contributed by atoms with van der Waals surface area (Å²) in [7, 11) is 1.68. The summed E-state index contributed by atoms with van der Waals surface area (Å²) in [5.74, 6) is 1.54. The van der Waals surface area contributed by atoms with E-state index >= 15 is 0 Å². The molecule has 0 bridgehead atoms. The van der Waals surface area contributed by atoms with Crippen LogP contribution in [-0.2, 0) is 6.42 Å². The standard InChI is InChI=1S/C15H17N3O/c1-9-7-10(2)14(15(19-4)11(9)3)12-8-17-13(18-12)5-6-16/h7-8H,5H2,1-4H3,(H,17,18). The Morgan fingerprint density at radius 1 is 1.32 bits per heavy atom. The normalized spacial score (nSPS) is 10.3. The summed E-state index contributed by atoms with van der Waals surface area (Å²) in [6.07, 6.45) is 2.04. The molecule has 4 heteroatoms. The Morgan fingerprint density at radius 2 is 2.05 bits per heavy atom. The van der Waals surface area contributed by atoms with Crippen molar-refractivity contribution in [2.75, 3.05) is 7.11 Å². The van der Waals surface area contributed by atoms with Crippen LogP contribution >= 0.6 is 0 Å². The predicted octanol–water partition coefficient (Wildman–Crippen LogP) is 3.08. The van der Waals surface area contributed by atoms with E-state index in [0.717, 1.165) is 28.1 Å². The highest BCUT2D eigenvalue weighted by Gasteiger charge is 2.16. The van der Waals surface area contributed by atoms with Gasteiger partial charge >= 0.3 is 0 Å². The SMILES string of the molecule is COc1c(C)c(C)cc(C)c1-c1cnc(CC#N)[nH]1. The second-order valence-electron chi connectivity index (χ2n) is 4.62. The van der Waals surface area contributed by atoms with Gasteiger partial charge < -0.3 is 9.72 Å². The first-order valence-electron chi connectivity index (χ1n) is 6.14. The summed E-state index contributed by atoms with van der Waals surface area (Å²) < 4.78 is 5.55. The van der Waals surface area contributed by atoms with E-state index in [2.05, 4.69) is 36.0 Å². The third-order valence-electron chi connectivity index (χ3n) is 3.33. The summed E-state index contributed by atoms with van der Waals surface area (Å²) in [5.41, 5.74) is 5.37. The number of H-pyrrole nitrogens is 1. The van der Waals surface area contributed by atoms with Gasteiger partial charge in [-0.25, -0.2) is 4.98 Å². The highest BCUT2D eigenvalue weighted by atomic mass is 16.5. The summed E-state index contributed by atoms with van der Waals surface area (Å²) in [4.78, 5) is 7.40. The van der Waals surface area contributed by atoms with Crippen LogP contribution < -0.4 is 4.74 Å². The topological polar surface area (TPSA) is 61.7 Å². The Kier molecular flexibility index (Phi) is 3.57. The van der Waals surface area contributed by atoms with Gasteiger partial charge in [-0.3, -0.25) is 0 Å². The van der Waals surface area contributed by atoms with Gasteiger partial charge in [-0.1, -0.05) is 6.07 Å². The largest absolute Gasteiger partial charge is 0.496 e. The molecule has 19 heavy (non-hydrogen) atoms. The van der Waals surface area contributed by atoms with Crippen molar-refractivity contribution >= 4 is 0 Å². The number of imidazole rings is 1. The van der Waals surface area contributed by atoms with Crippen LogP contribution in [0.1, 0.15) is 22.5 Å². The molecule has 0 spiro atoms. The fourth-order valence-corrected chi connectivity index (χ4v) is 2.29. The first-order valence-corrected chi connectivity index (χ1v) is 6.14. The quantitative estimate of drug-likeness (QED) is 0.916. The van der Waals surface area contributed by atoms with Gasteiger partial charge in [0.25, 0.3) is 0 Å². The average molecular weight is 255 g/mol. The zero-order valence-corrected chi connectivity index (χ0v) is 11.7. The molecule has 1 aromatic carbocycles. The van der Waals surface area contributed by atoms with Crippen LogP contribution in [0.15, 0.2) is 12.3 Å². The van der Waals surface area contributed by atoms with Crippen LogP contribution in [0, 0.1) is 32.1 Å². The number of methoxy groups -OCH3 is 1. The number of nitrogens with zero attached hydrogens (tertiary/aromatic N) is 2. The van der Waals surface area contributed by atoms with E-state index in [1.54, 1.807) is 13.3 Å². The minimum atomic E-state index is 0.284. The van der Waals surface area contributed by atoms with Gasteiger partial charge in [0, 0.05) is 5.56 Å². The molecule has 0 radical (unpaired) electrons. The second kappa shape index (κ2) is 5.15. The van der Waals surface area contributed by atoms with Crippen LogP contribution in [0.2, 0.25) is 0 Å². The van der Waals surface area contributed by atoms with Crippen molar-refractivity contribution in [1.29, 1.82) is 5.26 Å². The molecule has 0 unspecified atom stereocenters. The van der Waals surface area contributed by atoms with Crippen molar-refractivity contribution in [1.82, 2.24) is 9.97 Å². The van der Waals surface area contributed by atoms with Gasteiger partial charge in [0.1, 0.15) is 11.6 Å². The number of aromatic amines is 1. The molecule has 0 fully saturated rings. The van der Waals surface area contributed by atoms with E-state index < -0.39 is 0 Å². The fourth-order valence-electron chi connectivity index (χ4n) is 2.29. The van der Waals surface area contributed by atoms with E-state index in [9.17, 15) is 0 Å². The van der Waals surface area contributed by atoms with E-state index in [0.29, 0.717) is 5.82 Å². The minimum Gasteiger partial charge on any atom is -0.496 e. The molecule has 1 N–H and O–H groups in total. The van der Waals surface area contributed by atoms with Crippen molar-refractivity contribution in [3.63, 3.8) is 0 Å². The van der Waals surface area contributed by atoms with Gasteiger partial charge in [-0.05, 0) is 37.5 Å². The van der Waals surface area contributed by atoms with Crippen LogP contribution in [0.25, 0.3) is 11.3 Å². The van der Waals surface area contributed by atoms with Crippen molar-refractivity contribution < 1.29 is 4.74 Å². The van der Waals surface area contributed by atoms with Crippen molar-refractivity contribution in [3.8, 4) is 23.1 Å². The highest BCUT2D eigenvalue weighted by molar-refractivity contribution is 5.73. The molecule has 2 aromatic rings. The molecule has 0 aliphatic rings. The van der Waals surface area contributed by atoms with Gasteiger partial charge in [0.2, 0.25) is 0 Å². The Balaban J connectivity index is 2.60. The van der Waals surface area contributed by atoms with E-state index in [1.165, 1.54) is 5.56 Å². The summed E-state index contributed by atoms with van der Waals surface area (Å²) >= 11 is 0. The molecule has 1 aromatic heterocycles. The molecule has 0 atom stereocenters. The molecule has 4 nitrogen and oxygen atoms in total. The number of nitrogens with one attached hydrogen (secondary N) is 1. The molecule has 1 heterocycles. The van der Waals surface area contributed by atoms with Crippen LogP contribution in [0.5, 0.6) is 5.75 Å². The second-order valence-corrected chi connectivity index (χ2v) is 4.62. The maximum Gasteiger partial charge on any atom is 0.131 e. The third kappa shape index (κ3) is 2.32. The lowest BCUT2D eigenvalue weighted by atomic mass is 9.97. The van der Waals surface area contributed by atoms with Crippen LogP contribution in [0.4, 0.5) is 0 Å². The first-order chi connectivity index (χ1) is 9.08. The molecule has 2 rings (SSSR count). The summed E-state index contributed by atoms with van der Waals surface area (Å²) in [6, 6.07) is 4.22. The van der Waals surface area contributed by atoms with Gasteiger partial charge in [0.15, 0.2) is 0 Å². The molecule has 0 aliphatic carbocycles. The van der Waals surface area contributed by atoms with Crippen LogP contribution in [0.3, 0.4) is 0 Å². The van der Waals surface area contributed by atoms with Crippen molar-refractivity contribution in [2.24, 2.45) is 0 Å². The minimum absolute atomic E-state index is 0.284. The van der Waals surface area contributed by atoms with E-state index in [4.69, 9.17) is 10.00 Å². The number of hydrogen-bond acceptors (Lipinski definition) is 3. The number of benzene rings is 1. The molecule has 0 amide bonds. The molecule has 98 valence electrons. The van der Waals surface area contributed by atoms with Gasteiger partial charge in [-0.2, -0.15) is 5.26 Å². The smallest absolute Gasteiger partial charge is 0.131 e. The zero-order chi connectivity index (χ0) is 14.0.